The van der Waals surface area contributed by atoms with Gasteiger partial charge in [0, 0.05) is 26.8 Å². The van der Waals surface area contributed by atoms with Crippen molar-refractivity contribution in [1.29, 1.82) is 0 Å². The highest BCUT2D eigenvalue weighted by atomic mass is 16.2. The van der Waals surface area contributed by atoms with Crippen molar-refractivity contribution in [3.05, 3.63) is 29.6 Å². The van der Waals surface area contributed by atoms with Crippen LogP contribution in [0.3, 0.4) is 0 Å². The lowest BCUT2D eigenvalue weighted by atomic mass is 10.1. The molecule has 1 N–H and O–H groups in total. The zero-order valence-corrected chi connectivity index (χ0v) is 11.0. The number of pyridine rings is 1. The molecule has 0 fully saturated rings. The second-order valence-electron chi connectivity index (χ2n) is 4.30. The van der Waals surface area contributed by atoms with Crippen LogP contribution in [0.4, 0.5) is 0 Å². The molecule has 1 aromatic rings. The summed E-state index contributed by atoms with van der Waals surface area (Å²) >= 11 is 0. The molecule has 0 aliphatic carbocycles. The monoisotopic (exact) mass is 235 g/mol. The van der Waals surface area contributed by atoms with Gasteiger partial charge in [-0.3, -0.25) is 9.78 Å². The van der Waals surface area contributed by atoms with Gasteiger partial charge in [-0.2, -0.15) is 0 Å². The number of likely N-dealkylation sites (N-methyl/N-ethyl adjacent to an activating group) is 1. The Morgan fingerprint density at radius 2 is 2.24 bits per heavy atom. The maximum absolute atomic E-state index is 11.7. The van der Waals surface area contributed by atoms with Crippen molar-refractivity contribution in [3.8, 4) is 0 Å². The SMILES string of the molecule is CCc1cccnc1CNC(C)C(=O)N(C)C. The van der Waals surface area contributed by atoms with Crippen molar-refractivity contribution in [1.82, 2.24) is 15.2 Å². The van der Waals surface area contributed by atoms with Crippen molar-refractivity contribution < 1.29 is 4.79 Å². The molecule has 94 valence electrons. The number of amides is 1. The summed E-state index contributed by atoms with van der Waals surface area (Å²) in [7, 11) is 3.53. The molecule has 1 heterocycles. The van der Waals surface area contributed by atoms with Crippen LogP contribution in [-0.2, 0) is 17.8 Å². The topological polar surface area (TPSA) is 45.2 Å². The standard InChI is InChI=1S/C13H21N3O/c1-5-11-7-6-8-14-12(11)9-15-10(2)13(17)16(3)4/h6-8,10,15H,5,9H2,1-4H3. The molecule has 4 heteroatoms. The highest BCUT2D eigenvalue weighted by Gasteiger charge is 2.14. The molecule has 0 radical (unpaired) electrons. The van der Waals surface area contributed by atoms with Gasteiger partial charge in [-0.05, 0) is 25.0 Å². The van der Waals surface area contributed by atoms with Crippen molar-refractivity contribution in [2.24, 2.45) is 0 Å². The van der Waals surface area contributed by atoms with Gasteiger partial charge in [-0.1, -0.05) is 13.0 Å². The van der Waals surface area contributed by atoms with Gasteiger partial charge in [-0.25, -0.2) is 0 Å². The van der Waals surface area contributed by atoms with E-state index >= 15 is 0 Å². The van der Waals surface area contributed by atoms with Crippen molar-refractivity contribution >= 4 is 5.91 Å². The smallest absolute Gasteiger partial charge is 0.238 e. The lowest BCUT2D eigenvalue weighted by molar-refractivity contribution is -0.130. The van der Waals surface area contributed by atoms with E-state index in [0.717, 1.165) is 12.1 Å². The molecule has 4 nitrogen and oxygen atoms in total. The van der Waals surface area contributed by atoms with Crippen molar-refractivity contribution in [2.75, 3.05) is 14.1 Å². The maximum atomic E-state index is 11.7. The van der Waals surface area contributed by atoms with Crippen LogP contribution in [0.15, 0.2) is 18.3 Å². The molecule has 1 rings (SSSR count). The Labute approximate surface area is 103 Å². The Bertz CT molecular complexity index is 377. The lowest BCUT2D eigenvalue weighted by Gasteiger charge is -2.18. The molecule has 1 aromatic heterocycles. The zero-order chi connectivity index (χ0) is 12.8. The molecular weight excluding hydrogens is 214 g/mol. The zero-order valence-electron chi connectivity index (χ0n) is 11.0. The molecule has 0 aromatic carbocycles. The van der Waals surface area contributed by atoms with Crippen LogP contribution in [0.5, 0.6) is 0 Å². The molecule has 1 amide bonds. The molecule has 0 saturated carbocycles. The Morgan fingerprint density at radius 3 is 2.82 bits per heavy atom. The summed E-state index contributed by atoms with van der Waals surface area (Å²) in [5.74, 6) is 0.0824. The number of hydrogen-bond donors (Lipinski definition) is 1. The van der Waals surface area contributed by atoms with Gasteiger partial charge >= 0.3 is 0 Å². The van der Waals surface area contributed by atoms with E-state index < -0.39 is 0 Å². The Balaban J connectivity index is 2.58. The Morgan fingerprint density at radius 1 is 1.53 bits per heavy atom. The first-order valence-corrected chi connectivity index (χ1v) is 5.93. The lowest BCUT2D eigenvalue weighted by Crippen LogP contribution is -2.41. The normalized spacial score (nSPS) is 12.2. The molecule has 1 atom stereocenters. The van der Waals surface area contributed by atoms with Crippen LogP contribution in [0.25, 0.3) is 0 Å². The van der Waals surface area contributed by atoms with E-state index in [1.807, 2.05) is 13.0 Å². The Kier molecular flexibility index (Phi) is 5.10. The van der Waals surface area contributed by atoms with E-state index in [1.54, 1.807) is 25.2 Å². The summed E-state index contributed by atoms with van der Waals surface area (Å²) in [4.78, 5) is 17.6. The summed E-state index contributed by atoms with van der Waals surface area (Å²) in [6.07, 6.45) is 2.75. The van der Waals surface area contributed by atoms with Gasteiger partial charge in [0.15, 0.2) is 0 Å². The van der Waals surface area contributed by atoms with Crippen LogP contribution in [0.1, 0.15) is 25.1 Å². The Hall–Kier alpha value is -1.42. The minimum absolute atomic E-state index is 0.0824. The highest BCUT2D eigenvalue weighted by molar-refractivity contribution is 5.80. The van der Waals surface area contributed by atoms with E-state index in [-0.39, 0.29) is 11.9 Å². The summed E-state index contributed by atoms with van der Waals surface area (Å²) in [6.45, 7) is 4.61. The second-order valence-corrected chi connectivity index (χ2v) is 4.30. The fourth-order valence-electron chi connectivity index (χ4n) is 1.68. The number of hydrogen-bond acceptors (Lipinski definition) is 3. The molecule has 0 spiro atoms. The predicted molar refractivity (Wildman–Crippen MR) is 68.6 cm³/mol. The molecule has 0 aliphatic rings. The molecule has 0 saturated heterocycles. The number of carbonyl (C=O) groups excluding carboxylic acids is 1. The quantitative estimate of drug-likeness (QED) is 0.834. The molecule has 17 heavy (non-hydrogen) atoms. The van der Waals surface area contributed by atoms with Crippen LogP contribution < -0.4 is 5.32 Å². The number of carbonyl (C=O) groups is 1. The van der Waals surface area contributed by atoms with Gasteiger partial charge in [0.25, 0.3) is 0 Å². The summed E-state index contributed by atoms with van der Waals surface area (Å²) in [5, 5.41) is 3.20. The number of rotatable bonds is 5. The predicted octanol–water partition coefficient (Wildman–Crippen LogP) is 1.21. The van der Waals surface area contributed by atoms with Crippen LogP contribution in [0, 0.1) is 0 Å². The largest absolute Gasteiger partial charge is 0.347 e. The third kappa shape index (κ3) is 3.82. The molecule has 1 unspecified atom stereocenters. The summed E-state index contributed by atoms with van der Waals surface area (Å²) < 4.78 is 0. The van der Waals surface area contributed by atoms with Gasteiger partial charge in [0.2, 0.25) is 5.91 Å². The van der Waals surface area contributed by atoms with Gasteiger partial charge in [0.1, 0.15) is 0 Å². The van der Waals surface area contributed by atoms with E-state index in [2.05, 4.69) is 23.3 Å². The third-order valence-electron chi connectivity index (χ3n) is 2.75. The second kappa shape index (κ2) is 6.35. The first kappa shape index (κ1) is 13.6. The third-order valence-corrected chi connectivity index (χ3v) is 2.75. The maximum Gasteiger partial charge on any atom is 0.238 e. The number of aryl methyl sites for hydroxylation is 1. The van der Waals surface area contributed by atoms with E-state index in [0.29, 0.717) is 6.54 Å². The highest BCUT2D eigenvalue weighted by Crippen LogP contribution is 2.06. The minimum Gasteiger partial charge on any atom is -0.347 e. The van der Waals surface area contributed by atoms with Crippen LogP contribution in [-0.4, -0.2) is 35.9 Å². The summed E-state index contributed by atoms with van der Waals surface area (Å²) in [6, 6.07) is 3.83. The molecular formula is C13H21N3O. The average Bonchev–Trinajstić information content (AvgIpc) is 2.35. The van der Waals surface area contributed by atoms with E-state index in [9.17, 15) is 4.79 Å². The van der Waals surface area contributed by atoms with Crippen molar-refractivity contribution in [3.63, 3.8) is 0 Å². The number of aromatic nitrogens is 1. The number of nitrogens with zero attached hydrogens (tertiary/aromatic N) is 2. The minimum atomic E-state index is -0.184. The molecule has 0 aliphatic heterocycles. The van der Waals surface area contributed by atoms with E-state index in [1.165, 1.54) is 5.56 Å². The van der Waals surface area contributed by atoms with Gasteiger partial charge in [-0.15, -0.1) is 0 Å². The molecule has 0 bridgehead atoms. The fourth-order valence-corrected chi connectivity index (χ4v) is 1.68. The van der Waals surface area contributed by atoms with Crippen LogP contribution >= 0.6 is 0 Å². The van der Waals surface area contributed by atoms with Crippen molar-refractivity contribution in [2.45, 2.75) is 32.9 Å². The number of nitrogens with one attached hydrogen (secondary N) is 1. The van der Waals surface area contributed by atoms with Gasteiger partial charge in [0.05, 0.1) is 11.7 Å². The van der Waals surface area contributed by atoms with Crippen LogP contribution in [0.2, 0.25) is 0 Å². The fraction of sp³-hybridized carbons (Fsp3) is 0.538. The first-order chi connectivity index (χ1) is 8.06. The van der Waals surface area contributed by atoms with Gasteiger partial charge < -0.3 is 10.2 Å². The average molecular weight is 235 g/mol. The van der Waals surface area contributed by atoms with E-state index in [4.69, 9.17) is 0 Å². The first-order valence-electron chi connectivity index (χ1n) is 5.93. The summed E-state index contributed by atoms with van der Waals surface area (Å²) in [5.41, 5.74) is 2.25.